The number of hydrogen-bond acceptors (Lipinski definition) is 5. The maximum atomic E-state index is 13.0. The van der Waals surface area contributed by atoms with Gasteiger partial charge in [-0.25, -0.2) is 4.98 Å². The lowest BCUT2D eigenvalue weighted by Crippen LogP contribution is -2.15. The number of nitrogens with zero attached hydrogens (tertiary/aromatic N) is 1. The number of aryl methyl sites for hydroxylation is 2. The Kier molecular flexibility index (Phi) is 5.33. The molecule has 0 aliphatic heterocycles. The van der Waals surface area contributed by atoms with E-state index in [1.807, 2.05) is 38.1 Å². The zero-order valence-electron chi connectivity index (χ0n) is 16.7. The molecular weight excluding hydrogens is 394 g/mol. The number of thiophene rings is 1. The first-order valence-electron chi connectivity index (χ1n) is 9.68. The maximum Gasteiger partial charge on any atom is 0.267 e. The highest BCUT2D eigenvalue weighted by molar-refractivity contribution is 7.21. The lowest BCUT2D eigenvalue weighted by Gasteiger charge is -2.10. The third-order valence-corrected chi connectivity index (χ3v) is 6.13. The summed E-state index contributed by atoms with van der Waals surface area (Å²) in [5.74, 6) is -0.500. The van der Waals surface area contributed by atoms with Crippen LogP contribution in [0.15, 0.2) is 60.7 Å². The van der Waals surface area contributed by atoms with E-state index in [0.717, 1.165) is 27.9 Å². The molecule has 150 valence electrons. The molecule has 5 nitrogen and oxygen atoms in total. The van der Waals surface area contributed by atoms with E-state index in [9.17, 15) is 9.59 Å². The van der Waals surface area contributed by atoms with E-state index >= 15 is 0 Å². The number of carbonyl (C=O) groups excluding carboxylic acids is 2. The maximum absolute atomic E-state index is 13.0. The predicted molar refractivity (Wildman–Crippen MR) is 122 cm³/mol. The monoisotopic (exact) mass is 415 g/mol. The molecule has 0 bridgehead atoms. The molecular formula is C24H21N3O2S. The summed E-state index contributed by atoms with van der Waals surface area (Å²) in [5.41, 5.74) is 10.2. The molecule has 0 aliphatic carbocycles. The van der Waals surface area contributed by atoms with Gasteiger partial charge in [0.1, 0.15) is 9.71 Å². The first-order chi connectivity index (χ1) is 14.5. The van der Waals surface area contributed by atoms with E-state index in [-0.39, 0.29) is 11.7 Å². The Bertz CT molecular complexity index is 1260. The number of pyridine rings is 1. The van der Waals surface area contributed by atoms with Gasteiger partial charge in [-0.2, -0.15) is 0 Å². The van der Waals surface area contributed by atoms with Crippen molar-refractivity contribution < 1.29 is 9.59 Å². The summed E-state index contributed by atoms with van der Waals surface area (Å²) in [6.07, 6.45) is 0.816. The van der Waals surface area contributed by atoms with Gasteiger partial charge in [-0.05, 0) is 37.1 Å². The topological polar surface area (TPSA) is 85.1 Å². The highest BCUT2D eigenvalue weighted by Crippen LogP contribution is 2.34. The molecule has 0 saturated carbocycles. The van der Waals surface area contributed by atoms with Crippen LogP contribution in [-0.2, 0) is 6.42 Å². The number of hydrogen-bond donors (Lipinski definition) is 2. The molecule has 0 saturated heterocycles. The number of nitrogens with two attached hydrogens (primary N) is 1. The number of carbonyl (C=O) groups is 2. The number of nitrogens with one attached hydrogen (secondary N) is 1. The van der Waals surface area contributed by atoms with Crippen molar-refractivity contribution in [3.63, 3.8) is 0 Å². The predicted octanol–water partition coefficient (Wildman–Crippen LogP) is 5.23. The van der Waals surface area contributed by atoms with Gasteiger partial charge in [0, 0.05) is 22.2 Å². The van der Waals surface area contributed by atoms with Gasteiger partial charge >= 0.3 is 0 Å². The van der Waals surface area contributed by atoms with Gasteiger partial charge in [-0.1, -0.05) is 49.4 Å². The molecule has 4 aromatic rings. The second kappa shape index (κ2) is 8.08. The summed E-state index contributed by atoms with van der Waals surface area (Å²) in [6, 6.07) is 18.0. The molecule has 0 unspecified atom stereocenters. The zero-order valence-corrected chi connectivity index (χ0v) is 17.5. The lowest BCUT2D eigenvalue weighted by atomic mass is 10.0. The molecule has 2 heterocycles. The minimum Gasteiger partial charge on any atom is -0.397 e. The van der Waals surface area contributed by atoms with Crippen molar-refractivity contribution in [1.29, 1.82) is 0 Å². The van der Waals surface area contributed by atoms with Crippen LogP contribution in [0.2, 0.25) is 0 Å². The van der Waals surface area contributed by atoms with Crippen molar-refractivity contribution in [3.8, 4) is 0 Å². The van der Waals surface area contributed by atoms with Crippen molar-refractivity contribution in [2.24, 2.45) is 0 Å². The minimum atomic E-state index is -0.348. The van der Waals surface area contributed by atoms with E-state index in [2.05, 4.69) is 10.3 Å². The van der Waals surface area contributed by atoms with E-state index in [0.29, 0.717) is 27.4 Å². The van der Waals surface area contributed by atoms with Gasteiger partial charge in [0.15, 0.2) is 5.78 Å². The normalized spacial score (nSPS) is 10.9. The van der Waals surface area contributed by atoms with Gasteiger partial charge in [0.25, 0.3) is 5.91 Å². The molecule has 3 N–H and O–H groups in total. The van der Waals surface area contributed by atoms with Gasteiger partial charge in [-0.15, -0.1) is 11.3 Å². The van der Waals surface area contributed by atoms with E-state index in [4.69, 9.17) is 5.73 Å². The SMILES string of the molecule is CCc1nc2sc(C(=O)Nc3ccccc3C(=O)c3ccccc3)c(N)c2cc1C. The summed E-state index contributed by atoms with van der Waals surface area (Å²) >= 11 is 1.27. The molecule has 6 heteroatoms. The molecule has 2 aromatic heterocycles. The Balaban J connectivity index is 1.69. The fourth-order valence-corrected chi connectivity index (χ4v) is 4.41. The van der Waals surface area contributed by atoms with Gasteiger partial charge in [0.05, 0.1) is 11.4 Å². The summed E-state index contributed by atoms with van der Waals surface area (Å²) < 4.78 is 0. The van der Waals surface area contributed by atoms with Crippen molar-refractivity contribution >= 4 is 44.6 Å². The summed E-state index contributed by atoms with van der Waals surface area (Å²) in [6.45, 7) is 4.04. The fourth-order valence-electron chi connectivity index (χ4n) is 3.42. The van der Waals surface area contributed by atoms with Crippen LogP contribution in [0, 0.1) is 6.92 Å². The summed E-state index contributed by atoms with van der Waals surface area (Å²) in [5, 5.41) is 3.65. The van der Waals surface area contributed by atoms with Gasteiger partial charge in [-0.3, -0.25) is 9.59 Å². The average Bonchev–Trinajstić information content (AvgIpc) is 3.09. The first-order valence-corrected chi connectivity index (χ1v) is 10.5. The molecule has 0 spiro atoms. The van der Waals surface area contributed by atoms with Crippen LogP contribution >= 0.6 is 11.3 Å². The molecule has 30 heavy (non-hydrogen) atoms. The largest absolute Gasteiger partial charge is 0.397 e. The number of aromatic nitrogens is 1. The highest BCUT2D eigenvalue weighted by atomic mass is 32.1. The van der Waals surface area contributed by atoms with Crippen LogP contribution < -0.4 is 11.1 Å². The van der Waals surface area contributed by atoms with Crippen molar-refractivity contribution in [2.75, 3.05) is 11.1 Å². The Morgan fingerprint density at radius 2 is 1.77 bits per heavy atom. The molecule has 0 radical (unpaired) electrons. The van der Waals surface area contributed by atoms with E-state index in [1.54, 1.807) is 36.4 Å². The van der Waals surface area contributed by atoms with Crippen molar-refractivity contribution in [1.82, 2.24) is 4.98 Å². The second-order valence-corrected chi connectivity index (χ2v) is 8.00. The molecule has 0 aliphatic rings. The summed E-state index contributed by atoms with van der Waals surface area (Å²) in [7, 11) is 0. The van der Waals surface area contributed by atoms with Crippen LogP contribution in [0.3, 0.4) is 0 Å². The van der Waals surface area contributed by atoms with Gasteiger partial charge < -0.3 is 11.1 Å². The van der Waals surface area contributed by atoms with Gasteiger partial charge in [0.2, 0.25) is 0 Å². The third-order valence-electron chi connectivity index (χ3n) is 5.01. The van der Waals surface area contributed by atoms with Crippen LogP contribution in [-0.4, -0.2) is 16.7 Å². The average molecular weight is 416 g/mol. The Morgan fingerprint density at radius 1 is 1.07 bits per heavy atom. The quantitative estimate of drug-likeness (QED) is 0.437. The minimum absolute atomic E-state index is 0.152. The van der Waals surface area contributed by atoms with Crippen molar-refractivity contribution in [3.05, 3.63) is 87.9 Å². The molecule has 4 rings (SSSR count). The van der Waals surface area contributed by atoms with Crippen LogP contribution in [0.25, 0.3) is 10.2 Å². The van der Waals surface area contributed by atoms with Crippen LogP contribution in [0.5, 0.6) is 0 Å². The number of benzene rings is 2. The van der Waals surface area contributed by atoms with Crippen LogP contribution in [0.1, 0.15) is 43.8 Å². The standard InChI is InChI=1S/C24H21N3O2S/c1-3-18-14(2)13-17-20(25)22(30-24(17)27-18)23(29)26-19-12-8-7-11-16(19)21(28)15-9-5-4-6-10-15/h4-13H,3,25H2,1-2H3,(H,26,29). The Labute approximate surface area is 178 Å². The second-order valence-electron chi connectivity index (χ2n) is 7.00. The molecule has 2 aromatic carbocycles. The Hall–Kier alpha value is -3.51. The number of ketones is 1. The molecule has 0 fully saturated rings. The highest BCUT2D eigenvalue weighted by Gasteiger charge is 2.21. The first kappa shape index (κ1) is 19.8. The lowest BCUT2D eigenvalue weighted by molar-refractivity contribution is 0.103. The van der Waals surface area contributed by atoms with E-state index < -0.39 is 0 Å². The fraction of sp³-hybridized carbons (Fsp3) is 0.125. The zero-order chi connectivity index (χ0) is 21.3. The number of amides is 1. The summed E-state index contributed by atoms with van der Waals surface area (Å²) in [4.78, 5) is 31.7. The number of rotatable bonds is 5. The molecule has 1 amide bonds. The van der Waals surface area contributed by atoms with Crippen molar-refractivity contribution in [2.45, 2.75) is 20.3 Å². The number of anilines is 2. The third kappa shape index (κ3) is 3.57. The number of para-hydroxylation sites is 1. The number of fused-ring (bicyclic) bond motifs is 1. The van der Waals surface area contributed by atoms with Crippen LogP contribution in [0.4, 0.5) is 11.4 Å². The smallest absolute Gasteiger partial charge is 0.267 e. The van der Waals surface area contributed by atoms with E-state index in [1.165, 1.54) is 11.3 Å². The Morgan fingerprint density at radius 3 is 2.50 bits per heavy atom. The number of nitrogen functional groups attached to an aromatic ring is 1. The molecule has 0 atom stereocenters.